The van der Waals surface area contributed by atoms with Crippen molar-refractivity contribution >= 4 is 17.5 Å². The fourth-order valence-corrected chi connectivity index (χ4v) is 1.95. The quantitative estimate of drug-likeness (QED) is 0.842. The van der Waals surface area contributed by atoms with Crippen molar-refractivity contribution in [3.05, 3.63) is 59.7 Å². The number of nitrogens with one attached hydrogen (secondary N) is 2. The molecule has 6 nitrogen and oxygen atoms in total. The number of ether oxygens (including phenoxy) is 1. The summed E-state index contributed by atoms with van der Waals surface area (Å²) >= 11 is 0. The number of halogens is 2. The van der Waals surface area contributed by atoms with E-state index < -0.39 is 18.4 Å². The number of rotatable bonds is 6. The van der Waals surface area contributed by atoms with Crippen molar-refractivity contribution in [3.8, 4) is 11.8 Å². The summed E-state index contributed by atoms with van der Waals surface area (Å²) < 4.78 is 28.6. The maximum absolute atomic E-state index is 12.2. The van der Waals surface area contributed by atoms with E-state index in [9.17, 15) is 18.4 Å². The second-order valence-electron chi connectivity index (χ2n) is 4.83. The molecule has 2 aromatic rings. The summed E-state index contributed by atoms with van der Waals surface area (Å²) in [5.41, 5.74) is 0.890. The fourth-order valence-electron chi connectivity index (χ4n) is 1.95. The molecular weight excluding hydrogens is 332 g/mol. The van der Waals surface area contributed by atoms with E-state index in [0.717, 1.165) is 6.07 Å². The van der Waals surface area contributed by atoms with Crippen LogP contribution in [0.2, 0.25) is 0 Å². The third-order valence-corrected chi connectivity index (χ3v) is 3.01. The Bertz CT molecular complexity index is 819. The summed E-state index contributed by atoms with van der Waals surface area (Å²) in [6.07, 6.45) is 0. The normalized spacial score (nSPS) is 10.0. The molecule has 2 aromatic carbocycles. The van der Waals surface area contributed by atoms with Crippen LogP contribution in [0.3, 0.4) is 0 Å². The van der Waals surface area contributed by atoms with Gasteiger partial charge in [0.2, 0.25) is 5.91 Å². The third-order valence-electron chi connectivity index (χ3n) is 3.01. The molecule has 0 saturated heterocycles. The molecule has 2 N–H and O–H groups in total. The van der Waals surface area contributed by atoms with Gasteiger partial charge in [-0.3, -0.25) is 9.59 Å². The summed E-state index contributed by atoms with van der Waals surface area (Å²) in [5, 5.41) is 13.7. The average Bonchev–Trinajstić information content (AvgIpc) is 2.59. The minimum absolute atomic E-state index is 0.0810. The van der Waals surface area contributed by atoms with Crippen molar-refractivity contribution in [2.45, 2.75) is 6.61 Å². The molecule has 0 heterocycles. The van der Waals surface area contributed by atoms with Gasteiger partial charge < -0.3 is 15.4 Å². The van der Waals surface area contributed by atoms with Gasteiger partial charge in [-0.05, 0) is 36.4 Å². The molecule has 25 heavy (non-hydrogen) atoms. The SMILES string of the molecule is N#Cc1cccc(NC(=O)CNC(=O)c2cccc(OC(F)F)c2)c1. The minimum atomic E-state index is -2.99. The zero-order chi connectivity index (χ0) is 18.2. The van der Waals surface area contributed by atoms with E-state index in [1.807, 2.05) is 6.07 Å². The Labute approximate surface area is 142 Å². The molecule has 0 radical (unpaired) electrons. The molecule has 0 saturated carbocycles. The molecule has 0 aliphatic carbocycles. The van der Waals surface area contributed by atoms with E-state index in [1.165, 1.54) is 24.3 Å². The Morgan fingerprint density at radius 2 is 1.92 bits per heavy atom. The minimum Gasteiger partial charge on any atom is -0.435 e. The standard InChI is InChI=1S/C17H13F2N3O3/c18-17(19)25-14-6-2-4-12(8-14)16(24)21-10-15(23)22-13-5-1-3-11(7-13)9-20/h1-8,17H,10H2,(H,21,24)(H,22,23). The highest BCUT2D eigenvalue weighted by atomic mass is 19.3. The van der Waals surface area contributed by atoms with Gasteiger partial charge in [-0.15, -0.1) is 0 Å². The lowest BCUT2D eigenvalue weighted by atomic mass is 10.2. The Morgan fingerprint density at radius 3 is 2.64 bits per heavy atom. The first-order valence-electron chi connectivity index (χ1n) is 7.11. The number of nitriles is 1. The van der Waals surface area contributed by atoms with E-state index in [-0.39, 0.29) is 17.9 Å². The Hall–Kier alpha value is -3.47. The number of nitrogens with zero attached hydrogens (tertiary/aromatic N) is 1. The van der Waals surface area contributed by atoms with Crippen LogP contribution >= 0.6 is 0 Å². The Balaban J connectivity index is 1.91. The van der Waals surface area contributed by atoms with Gasteiger partial charge in [0.15, 0.2) is 0 Å². The van der Waals surface area contributed by atoms with Crippen LogP contribution < -0.4 is 15.4 Å². The van der Waals surface area contributed by atoms with E-state index in [0.29, 0.717) is 11.3 Å². The summed E-state index contributed by atoms with van der Waals surface area (Å²) in [5.74, 6) is -1.26. The van der Waals surface area contributed by atoms with Crippen molar-refractivity contribution in [3.63, 3.8) is 0 Å². The third kappa shape index (κ3) is 5.58. The van der Waals surface area contributed by atoms with Crippen molar-refractivity contribution in [2.24, 2.45) is 0 Å². The van der Waals surface area contributed by atoms with Gasteiger partial charge in [-0.1, -0.05) is 12.1 Å². The van der Waals surface area contributed by atoms with Crippen LogP contribution in [-0.4, -0.2) is 25.0 Å². The molecule has 2 amide bonds. The molecule has 2 rings (SSSR count). The molecule has 0 spiro atoms. The number of hydrogen-bond donors (Lipinski definition) is 2. The van der Waals surface area contributed by atoms with Gasteiger partial charge in [0.05, 0.1) is 18.2 Å². The predicted octanol–water partition coefficient (Wildman–Crippen LogP) is 2.53. The molecule has 0 aliphatic heterocycles. The van der Waals surface area contributed by atoms with Crippen LogP contribution in [0, 0.1) is 11.3 Å². The molecule has 128 valence electrons. The first-order chi connectivity index (χ1) is 12.0. The van der Waals surface area contributed by atoms with E-state index >= 15 is 0 Å². The highest BCUT2D eigenvalue weighted by molar-refractivity contribution is 5.99. The first-order valence-corrected chi connectivity index (χ1v) is 7.11. The van der Waals surface area contributed by atoms with Gasteiger partial charge in [-0.25, -0.2) is 0 Å². The highest BCUT2D eigenvalue weighted by Gasteiger charge is 2.11. The molecule has 0 aliphatic rings. The molecule has 0 unspecified atom stereocenters. The maximum atomic E-state index is 12.2. The number of anilines is 1. The van der Waals surface area contributed by atoms with Crippen molar-refractivity contribution in [1.29, 1.82) is 5.26 Å². The molecule has 0 fully saturated rings. The van der Waals surface area contributed by atoms with Crippen LogP contribution in [0.4, 0.5) is 14.5 Å². The van der Waals surface area contributed by atoms with Crippen LogP contribution in [0.15, 0.2) is 48.5 Å². The fraction of sp³-hybridized carbons (Fsp3) is 0.118. The predicted molar refractivity (Wildman–Crippen MR) is 85.2 cm³/mol. The summed E-state index contributed by atoms with van der Waals surface area (Å²) in [4.78, 5) is 23.8. The summed E-state index contributed by atoms with van der Waals surface area (Å²) in [6, 6.07) is 13.5. The number of carbonyl (C=O) groups is 2. The number of benzene rings is 2. The largest absolute Gasteiger partial charge is 0.435 e. The van der Waals surface area contributed by atoms with Crippen molar-refractivity contribution in [1.82, 2.24) is 5.32 Å². The second kappa shape index (κ2) is 8.40. The zero-order valence-corrected chi connectivity index (χ0v) is 12.8. The monoisotopic (exact) mass is 345 g/mol. The number of alkyl halides is 2. The maximum Gasteiger partial charge on any atom is 0.387 e. The topological polar surface area (TPSA) is 91.2 Å². The Morgan fingerprint density at radius 1 is 1.16 bits per heavy atom. The van der Waals surface area contributed by atoms with Crippen LogP contribution in [0.1, 0.15) is 15.9 Å². The van der Waals surface area contributed by atoms with Crippen LogP contribution in [0.5, 0.6) is 5.75 Å². The average molecular weight is 345 g/mol. The van der Waals surface area contributed by atoms with E-state index in [4.69, 9.17) is 5.26 Å². The second-order valence-corrected chi connectivity index (χ2v) is 4.83. The Kier molecular flexibility index (Phi) is 6.01. The van der Waals surface area contributed by atoms with Crippen LogP contribution in [-0.2, 0) is 4.79 Å². The van der Waals surface area contributed by atoms with Gasteiger partial charge in [0.25, 0.3) is 5.91 Å². The van der Waals surface area contributed by atoms with Gasteiger partial charge in [-0.2, -0.15) is 14.0 Å². The van der Waals surface area contributed by atoms with Crippen LogP contribution in [0.25, 0.3) is 0 Å². The summed E-state index contributed by atoms with van der Waals surface area (Å²) in [6.45, 7) is -3.32. The molecule has 8 heteroatoms. The van der Waals surface area contributed by atoms with E-state index in [2.05, 4.69) is 15.4 Å². The van der Waals surface area contributed by atoms with Gasteiger partial charge >= 0.3 is 6.61 Å². The number of hydrogen-bond acceptors (Lipinski definition) is 4. The molecule has 0 atom stereocenters. The number of amides is 2. The molecular formula is C17H13F2N3O3. The lowest BCUT2D eigenvalue weighted by Crippen LogP contribution is -2.32. The molecule has 0 bridgehead atoms. The smallest absolute Gasteiger partial charge is 0.387 e. The lowest BCUT2D eigenvalue weighted by molar-refractivity contribution is -0.115. The van der Waals surface area contributed by atoms with Crippen molar-refractivity contribution < 1.29 is 23.1 Å². The summed E-state index contributed by atoms with van der Waals surface area (Å²) in [7, 11) is 0. The van der Waals surface area contributed by atoms with Gasteiger partial charge in [0.1, 0.15) is 5.75 Å². The molecule has 0 aromatic heterocycles. The van der Waals surface area contributed by atoms with Crippen molar-refractivity contribution in [2.75, 3.05) is 11.9 Å². The lowest BCUT2D eigenvalue weighted by Gasteiger charge is -2.09. The van der Waals surface area contributed by atoms with E-state index in [1.54, 1.807) is 18.2 Å². The first kappa shape index (κ1) is 17.9. The number of carbonyl (C=O) groups excluding carboxylic acids is 2. The zero-order valence-electron chi connectivity index (χ0n) is 12.8. The van der Waals surface area contributed by atoms with Gasteiger partial charge in [0, 0.05) is 11.3 Å². The highest BCUT2D eigenvalue weighted by Crippen LogP contribution is 2.16.